The van der Waals surface area contributed by atoms with Crippen LogP contribution in [0.2, 0.25) is 0 Å². The second-order valence-electron chi connectivity index (χ2n) is 8.85. The van der Waals surface area contributed by atoms with Crippen LogP contribution in [0, 0.1) is 5.92 Å². The average Bonchev–Trinajstić information content (AvgIpc) is 3.10. The van der Waals surface area contributed by atoms with Gasteiger partial charge in [-0.2, -0.15) is 0 Å². The minimum Gasteiger partial charge on any atom is -0.381 e. The predicted molar refractivity (Wildman–Crippen MR) is 111 cm³/mol. The topological polar surface area (TPSA) is 72.6 Å². The van der Waals surface area contributed by atoms with Gasteiger partial charge in [0.2, 0.25) is 0 Å². The Morgan fingerprint density at radius 1 is 1.18 bits per heavy atom. The van der Waals surface area contributed by atoms with Crippen LogP contribution in [0.1, 0.15) is 39.0 Å². The summed E-state index contributed by atoms with van der Waals surface area (Å²) in [5, 5.41) is 17.9. The van der Waals surface area contributed by atoms with Gasteiger partial charge in [-0.25, -0.2) is 4.39 Å². The number of methoxy groups -OCH3 is 1. The van der Waals surface area contributed by atoms with Gasteiger partial charge in [0.1, 0.15) is 12.5 Å². The molecule has 2 heterocycles. The van der Waals surface area contributed by atoms with Gasteiger partial charge in [-0.3, -0.25) is 20.9 Å². The van der Waals surface area contributed by atoms with E-state index in [2.05, 4.69) is 38.4 Å². The number of ether oxygens (including phenoxy) is 1. The van der Waals surface area contributed by atoms with E-state index in [9.17, 15) is 4.39 Å². The molecule has 0 spiro atoms. The normalized spacial score (nSPS) is 40.1. The third-order valence-corrected chi connectivity index (χ3v) is 6.60. The van der Waals surface area contributed by atoms with Gasteiger partial charge in [0.25, 0.3) is 0 Å². The van der Waals surface area contributed by atoms with Crippen LogP contribution in [0.15, 0.2) is 0 Å². The van der Waals surface area contributed by atoms with E-state index in [1.807, 2.05) is 14.2 Å². The molecule has 6 unspecified atom stereocenters. The lowest BCUT2D eigenvalue weighted by molar-refractivity contribution is 0.0108. The molecule has 5 N–H and O–H groups in total. The first kappa shape index (κ1) is 22.3. The van der Waals surface area contributed by atoms with E-state index in [0.29, 0.717) is 43.2 Å². The minimum absolute atomic E-state index is 0.141. The quantitative estimate of drug-likeness (QED) is 0.354. The van der Waals surface area contributed by atoms with Crippen LogP contribution in [-0.2, 0) is 4.74 Å². The maximum atomic E-state index is 13.3. The van der Waals surface area contributed by atoms with Crippen LogP contribution in [0.25, 0.3) is 0 Å². The number of alkyl halides is 1. The molecular weight excluding hydrogens is 359 g/mol. The van der Waals surface area contributed by atoms with Gasteiger partial charge >= 0.3 is 0 Å². The lowest BCUT2D eigenvalue weighted by Crippen LogP contribution is -2.68. The summed E-state index contributed by atoms with van der Waals surface area (Å²) < 4.78 is 19.0. The Kier molecular flexibility index (Phi) is 8.90. The molecule has 2 aliphatic heterocycles. The zero-order valence-electron chi connectivity index (χ0n) is 17.8. The van der Waals surface area contributed by atoms with Crippen molar-refractivity contribution >= 4 is 0 Å². The van der Waals surface area contributed by atoms with Crippen LogP contribution in [-0.4, -0.2) is 88.6 Å². The molecule has 0 aromatic rings. The summed E-state index contributed by atoms with van der Waals surface area (Å²) in [6.07, 6.45) is 5.29. The highest BCUT2D eigenvalue weighted by Gasteiger charge is 2.33. The number of halogens is 1. The van der Waals surface area contributed by atoms with Gasteiger partial charge < -0.3 is 15.4 Å². The molecule has 0 aromatic heterocycles. The smallest absolute Gasteiger partial charge is 0.114 e. The molecule has 1 aliphatic carbocycles. The highest BCUT2D eigenvalue weighted by molar-refractivity contribution is 4.89. The van der Waals surface area contributed by atoms with Crippen molar-refractivity contribution in [2.45, 2.75) is 75.8 Å². The molecule has 0 bridgehead atoms. The lowest BCUT2D eigenvalue weighted by Gasteiger charge is -2.41. The molecule has 0 aromatic carbocycles. The fourth-order valence-corrected chi connectivity index (χ4v) is 4.98. The van der Waals surface area contributed by atoms with E-state index >= 15 is 0 Å². The molecule has 0 amide bonds. The van der Waals surface area contributed by atoms with Crippen molar-refractivity contribution in [2.24, 2.45) is 5.92 Å². The van der Waals surface area contributed by atoms with E-state index in [4.69, 9.17) is 4.74 Å². The number of nitrogens with zero attached hydrogens (tertiary/aromatic N) is 1. The Bertz CT molecular complexity index is 458. The predicted octanol–water partition coefficient (Wildman–Crippen LogP) is 0.194. The Morgan fingerprint density at radius 2 is 2.04 bits per heavy atom. The zero-order chi connectivity index (χ0) is 19.9. The van der Waals surface area contributed by atoms with E-state index in [1.165, 1.54) is 0 Å². The van der Waals surface area contributed by atoms with Crippen LogP contribution >= 0.6 is 0 Å². The second kappa shape index (κ2) is 11.2. The number of likely N-dealkylation sites (tertiary alicyclic amines) is 1. The Hall–Kier alpha value is -0.350. The van der Waals surface area contributed by atoms with Crippen molar-refractivity contribution in [1.29, 1.82) is 0 Å². The summed E-state index contributed by atoms with van der Waals surface area (Å²) in [4.78, 5) is 2.22. The highest BCUT2D eigenvalue weighted by Crippen LogP contribution is 2.27. The molecular formula is C20H41FN6O. The molecule has 2 saturated heterocycles. The Morgan fingerprint density at radius 3 is 2.75 bits per heavy atom. The fraction of sp³-hybridized carbons (Fsp3) is 1.00. The fourth-order valence-electron chi connectivity index (χ4n) is 4.98. The van der Waals surface area contributed by atoms with Crippen molar-refractivity contribution in [3.8, 4) is 0 Å². The number of nitrogens with one attached hydrogen (secondary N) is 5. The summed E-state index contributed by atoms with van der Waals surface area (Å²) >= 11 is 0. The van der Waals surface area contributed by atoms with Crippen molar-refractivity contribution < 1.29 is 9.13 Å². The van der Waals surface area contributed by atoms with Crippen LogP contribution in [0.5, 0.6) is 0 Å². The van der Waals surface area contributed by atoms with Crippen LogP contribution in [0.4, 0.5) is 4.39 Å². The molecule has 3 aliphatic rings. The van der Waals surface area contributed by atoms with Crippen molar-refractivity contribution in [1.82, 2.24) is 31.5 Å². The lowest BCUT2D eigenvalue weighted by atomic mass is 9.83. The van der Waals surface area contributed by atoms with Crippen LogP contribution in [0.3, 0.4) is 0 Å². The first-order valence-corrected chi connectivity index (χ1v) is 11.1. The Balaban J connectivity index is 1.40. The summed E-state index contributed by atoms with van der Waals surface area (Å²) in [6, 6.07) is 0.968. The maximum Gasteiger partial charge on any atom is 0.114 e. The standard InChI is InChI=1S/C20H41FN6O/c1-14-10-19(22-2)26-20(24-14)25-17-4-5-18(28-3)15(11-17)12-23-7-9-27-8-6-16(21)13-27/h14-20,22-26H,4-13H2,1-3H3/t14?,15?,16-,17?,18?,19?,20?/m1/s1. The molecule has 3 fully saturated rings. The summed E-state index contributed by atoms with van der Waals surface area (Å²) in [5.41, 5.74) is 0. The van der Waals surface area contributed by atoms with Crippen LogP contribution < -0.4 is 26.6 Å². The third-order valence-electron chi connectivity index (χ3n) is 6.60. The maximum absolute atomic E-state index is 13.3. The number of hydrogen-bond donors (Lipinski definition) is 5. The molecule has 164 valence electrons. The van der Waals surface area contributed by atoms with E-state index in [1.54, 1.807) is 0 Å². The van der Waals surface area contributed by atoms with Crippen molar-refractivity contribution in [2.75, 3.05) is 46.9 Å². The van der Waals surface area contributed by atoms with Gasteiger partial charge in [-0.1, -0.05) is 0 Å². The summed E-state index contributed by atoms with van der Waals surface area (Å²) in [6.45, 7) is 6.55. The van der Waals surface area contributed by atoms with Gasteiger partial charge in [0.15, 0.2) is 0 Å². The first-order valence-electron chi connectivity index (χ1n) is 11.1. The molecule has 7 nitrogen and oxygen atoms in total. The summed E-state index contributed by atoms with van der Waals surface area (Å²) in [7, 11) is 3.84. The minimum atomic E-state index is -0.629. The third kappa shape index (κ3) is 6.58. The van der Waals surface area contributed by atoms with Crippen molar-refractivity contribution in [3.05, 3.63) is 0 Å². The highest BCUT2D eigenvalue weighted by atomic mass is 19.1. The van der Waals surface area contributed by atoms with E-state index in [-0.39, 0.29) is 6.29 Å². The summed E-state index contributed by atoms with van der Waals surface area (Å²) in [5.74, 6) is 0.505. The zero-order valence-corrected chi connectivity index (χ0v) is 17.8. The molecule has 3 rings (SSSR count). The van der Waals surface area contributed by atoms with E-state index in [0.717, 1.165) is 51.9 Å². The number of hydrogen-bond acceptors (Lipinski definition) is 7. The number of rotatable bonds is 9. The van der Waals surface area contributed by atoms with Gasteiger partial charge in [0.05, 0.1) is 12.3 Å². The first-order chi connectivity index (χ1) is 13.6. The Labute approximate surface area is 169 Å². The SMILES string of the molecule is CNC1CC(C)NC(NC2CCC(OC)C(CNCCN3CC[C@@H](F)C3)C2)N1. The molecule has 7 atom stereocenters. The average molecular weight is 401 g/mol. The largest absolute Gasteiger partial charge is 0.381 e. The molecule has 0 radical (unpaired) electrons. The van der Waals surface area contributed by atoms with E-state index < -0.39 is 6.17 Å². The van der Waals surface area contributed by atoms with Gasteiger partial charge in [-0.15, -0.1) is 0 Å². The second-order valence-corrected chi connectivity index (χ2v) is 8.85. The van der Waals surface area contributed by atoms with Gasteiger partial charge in [0, 0.05) is 51.9 Å². The van der Waals surface area contributed by atoms with Crippen molar-refractivity contribution in [3.63, 3.8) is 0 Å². The van der Waals surface area contributed by atoms with Gasteiger partial charge in [-0.05, 0) is 52.0 Å². The molecule has 8 heteroatoms. The monoisotopic (exact) mass is 400 g/mol. The molecule has 1 saturated carbocycles. The molecule has 28 heavy (non-hydrogen) atoms.